The molecule has 11 nitrogen and oxygen atoms in total. The van der Waals surface area contributed by atoms with E-state index in [4.69, 9.17) is 14.2 Å². The fourth-order valence-electron chi connectivity index (χ4n) is 5.27. The fourth-order valence-corrected chi connectivity index (χ4v) is 5.27. The number of aryl methyl sites for hydroxylation is 1. The van der Waals surface area contributed by atoms with Gasteiger partial charge in [-0.05, 0) is 50.1 Å². The van der Waals surface area contributed by atoms with Crippen molar-refractivity contribution < 1.29 is 28.6 Å². The van der Waals surface area contributed by atoms with Crippen LogP contribution in [0.5, 0.6) is 11.5 Å². The molecule has 3 amide bonds. The maximum absolute atomic E-state index is 12.6. The minimum Gasteiger partial charge on any atom is -0.493 e. The van der Waals surface area contributed by atoms with E-state index < -0.39 is 23.9 Å². The second kappa shape index (κ2) is 13.8. The Morgan fingerprint density at radius 2 is 1.87 bits per heavy atom. The third kappa shape index (κ3) is 7.15. The van der Waals surface area contributed by atoms with E-state index in [1.165, 1.54) is 18.2 Å². The first kappa shape index (κ1) is 30.9. The lowest BCUT2D eigenvalue weighted by Crippen LogP contribution is -2.45. The lowest BCUT2D eigenvalue weighted by molar-refractivity contribution is -0.139. The minimum atomic E-state index is -0.763. The van der Waals surface area contributed by atoms with Crippen molar-refractivity contribution in [2.24, 2.45) is 5.10 Å². The number of urea groups is 1. The average Bonchev–Trinajstić information content (AvgIpc) is 3.36. The first-order chi connectivity index (χ1) is 21.8. The smallest absolute Gasteiger partial charge is 0.338 e. The van der Waals surface area contributed by atoms with Crippen LogP contribution in [0, 0.1) is 6.92 Å². The highest BCUT2D eigenvalue weighted by atomic mass is 16.5. The molecule has 4 aromatic rings. The van der Waals surface area contributed by atoms with E-state index in [1.54, 1.807) is 38.3 Å². The monoisotopic (exact) mass is 609 g/mol. The van der Waals surface area contributed by atoms with Gasteiger partial charge in [-0.2, -0.15) is 5.10 Å². The molecule has 11 heteroatoms. The van der Waals surface area contributed by atoms with Gasteiger partial charge in [0.15, 0.2) is 18.1 Å². The van der Waals surface area contributed by atoms with Crippen molar-refractivity contribution in [3.63, 3.8) is 0 Å². The number of carbonyl (C=O) groups excluding carboxylic acids is 3. The molecule has 2 heterocycles. The number of hydrogen-bond acceptors (Lipinski definition) is 7. The Morgan fingerprint density at radius 1 is 1.04 bits per heavy atom. The maximum Gasteiger partial charge on any atom is 0.338 e. The lowest BCUT2D eigenvalue weighted by Gasteiger charge is -2.28. The molecule has 0 saturated carbocycles. The number of nitrogens with zero attached hydrogens (tertiary/aromatic N) is 2. The van der Waals surface area contributed by atoms with Gasteiger partial charge in [-0.15, -0.1) is 0 Å². The lowest BCUT2D eigenvalue weighted by atomic mass is 9.95. The number of esters is 1. The quantitative estimate of drug-likeness (QED) is 0.128. The second-order valence-electron chi connectivity index (χ2n) is 10.5. The van der Waals surface area contributed by atoms with E-state index in [0.29, 0.717) is 29.3 Å². The third-order valence-corrected chi connectivity index (χ3v) is 7.29. The zero-order valence-corrected chi connectivity index (χ0v) is 25.5. The van der Waals surface area contributed by atoms with Crippen LogP contribution in [0.15, 0.2) is 89.3 Å². The number of carbonyl (C=O) groups is 3. The Bertz CT molecular complexity index is 1810. The van der Waals surface area contributed by atoms with Crippen LogP contribution in [0.3, 0.4) is 0 Å². The summed E-state index contributed by atoms with van der Waals surface area (Å²) in [5, 5.41) is 10.5. The van der Waals surface area contributed by atoms with Crippen molar-refractivity contribution in [1.82, 2.24) is 20.6 Å². The molecule has 1 aromatic heterocycles. The molecule has 0 unspecified atom stereocenters. The molecule has 0 bridgehead atoms. The number of benzene rings is 3. The van der Waals surface area contributed by atoms with E-state index in [1.807, 2.05) is 30.5 Å². The van der Waals surface area contributed by atoms with Crippen LogP contribution in [-0.2, 0) is 20.9 Å². The van der Waals surface area contributed by atoms with Gasteiger partial charge in [-0.1, -0.05) is 54.1 Å². The molecule has 1 atom stereocenters. The average molecular weight is 610 g/mol. The number of nitrogens with one attached hydrogen (secondary N) is 3. The Morgan fingerprint density at radius 3 is 2.64 bits per heavy atom. The molecule has 0 saturated heterocycles. The topological polar surface area (TPSA) is 132 Å². The van der Waals surface area contributed by atoms with Crippen LogP contribution in [0.2, 0.25) is 0 Å². The van der Waals surface area contributed by atoms with E-state index in [9.17, 15) is 14.4 Å². The summed E-state index contributed by atoms with van der Waals surface area (Å²) in [4.78, 5) is 37.4. The zero-order valence-electron chi connectivity index (χ0n) is 25.5. The van der Waals surface area contributed by atoms with E-state index in [2.05, 4.69) is 56.9 Å². The largest absolute Gasteiger partial charge is 0.493 e. The number of methoxy groups -OCH3 is 1. The molecule has 5 rings (SSSR count). The van der Waals surface area contributed by atoms with Crippen LogP contribution >= 0.6 is 0 Å². The molecule has 3 N–H and O–H groups in total. The minimum absolute atomic E-state index is 0.190. The Labute approximate surface area is 260 Å². The number of hydrazone groups is 1. The summed E-state index contributed by atoms with van der Waals surface area (Å²) in [5.41, 5.74) is 8.10. The highest BCUT2D eigenvalue weighted by molar-refractivity contribution is 6.00. The van der Waals surface area contributed by atoms with Crippen LogP contribution in [0.4, 0.5) is 4.79 Å². The highest BCUT2D eigenvalue weighted by Crippen LogP contribution is 2.34. The summed E-state index contributed by atoms with van der Waals surface area (Å²) in [7, 11) is 1.46. The van der Waals surface area contributed by atoms with Crippen LogP contribution < -0.4 is 25.5 Å². The number of ether oxygens (including phenoxy) is 3. The summed E-state index contributed by atoms with van der Waals surface area (Å²) in [6.07, 6.45) is 3.63. The maximum atomic E-state index is 12.6. The summed E-state index contributed by atoms with van der Waals surface area (Å²) in [6.45, 7) is 6.00. The number of hydrogen-bond donors (Lipinski definition) is 3. The summed E-state index contributed by atoms with van der Waals surface area (Å²) >= 11 is 0. The molecular weight excluding hydrogens is 574 g/mol. The van der Waals surface area contributed by atoms with Gasteiger partial charge in [0, 0.05) is 34.9 Å². The normalized spacial score (nSPS) is 14.7. The fraction of sp³-hybridized carbons (Fsp3) is 0.235. The third-order valence-electron chi connectivity index (χ3n) is 7.29. The predicted molar refractivity (Wildman–Crippen MR) is 170 cm³/mol. The number of aromatic nitrogens is 1. The van der Waals surface area contributed by atoms with E-state index in [-0.39, 0.29) is 18.8 Å². The summed E-state index contributed by atoms with van der Waals surface area (Å²) in [5.74, 6) is -0.383. The number of fused-ring (bicyclic) bond motifs is 1. The molecule has 0 fully saturated rings. The second-order valence-corrected chi connectivity index (χ2v) is 10.5. The van der Waals surface area contributed by atoms with Gasteiger partial charge < -0.3 is 29.4 Å². The first-order valence-electron chi connectivity index (χ1n) is 14.5. The zero-order chi connectivity index (χ0) is 31.9. The van der Waals surface area contributed by atoms with E-state index in [0.717, 1.165) is 16.5 Å². The van der Waals surface area contributed by atoms with Crippen molar-refractivity contribution in [2.75, 3.05) is 20.3 Å². The molecule has 1 aliphatic rings. The first-order valence-corrected chi connectivity index (χ1v) is 14.5. The molecular formula is C34H35N5O6. The number of rotatable bonds is 11. The molecule has 3 aromatic carbocycles. The molecule has 1 aliphatic heterocycles. The molecule has 232 valence electrons. The number of para-hydroxylation sites is 1. The van der Waals surface area contributed by atoms with Crippen LogP contribution in [0.25, 0.3) is 10.9 Å². The van der Waals surface area contributed by atoms with E-state index >= 15 is 0 Å². The van der Waals surface area contributed by atoms with Gasteiger partial charge in [0.1, 0.15) is 0 Å². The predicted octanol–water partition coefficient (Wildman–Crippen LogP) is 4.73. The standard InChI is InChI=1S/C34H35N5O6/c1-5-44-33(41)31-22(3)36-34(42)37-32(31)24-13-14-28(29(16-24)43-4)45-20-30(40)38-35-17-25-19-39(27-12-7-6-11-26(25)27)18-23-10-8-9-21(2)15-23/h6-17,19,32H,5,18,20H2,1-4H3,(H,38,40)(H2,36,37,42)/b35-17-/t32-/m0/s1. The van der Waals surface area contributed by atoms with Crippen LogP contribution in [0.1, 0.15) is 42.1 Å². The molecule has 0 aliphatic carbocycles. The van der Waals surface area contributed by atoms with Gasteiger partial charge in [0.05, 0.1) is 31.5 Å². The van der Waals surface area contributed by atoms with Crippen molar-refractivity contribution in [1.29, 1.82) is 0 Å². The molecule has 0 radical (unpaired) electrons. The van der Waals surface area contributed by atoms with Crippen molar-refractivity contribution in [3.05, 3.63) is 106 Å². The Balaban J connectivity index is 1.25. The molecule has 45 heavy (non-hydrogen) atoms. The van der Waals surface area contributed by atoms with Gasteiger partial charge in [0.2, 0.25) is 0 Å². The molecule has 0 spiro atoms. The number of amides is 3. The highest BCUT2D eigenvalue weighted by Gasteiger charge is 2.32. The van der Waals surface area contributed by atoms with Crippen molar-refractivity contribution in [3.8, 4) is 11.5 Å². The van der Waals surface area contributed by atoms with Gasteiger partial charge >= 0.3 is 12.0 Å². The summed E-state index contributed by atoms with van der Waals surface area (Å²) in [6, 6.07) is 20.2. The van der Waals surface area contributed by atoms with Gasteiger partial charge in [-0.3, -0.25) is 4.79 Å². The summed E-state index contributed by atoms with van der Waals surface area (Å²) < 4.78 is 18.6. The Hall–Kier alpha value is -5.58. The van der Waals surface area contributed by atoms with Gasteiger partial charge in [-0.25, -0.2) is 15.0 Å². The van der Waals surface area contributed by atoms with Crippen molar-refractivity contribution in [2.45, 2.75) is 33.4 Å². The van der Waals surface area contributed by atoms with Crippen molar-refractivity contribution >= 4 is 35.0 Å². The number of allylic oxidation sites excluding steroid dienone is 1. The van der Waals surface area contributed by atoms with Gasteiger partial charge in [0.25, 0.3) is 5.91 Å². The SMILES string of the molecule is CCOC(=O)C1=C(C)NC(=O)N[C@H]1c1ccc(OCC(=O)N/N=C\c2cn(Cc3cccc(C)c3)c3ccccc23)c(OC)c1. The van der Waals surface area contributed by atoms with Crippen LogP contribution in [-0.4, -0.2) is 49.0 Å². The Kier molecular flexibility index (Phi) is 9.47.